The number of fused-ring (bicyclic) bond motifs is 4. The summed E-state index contributed by atoms with van der Waals surface area (Å²) < 4.78 is 2.38. The van der Waals surface area contributed by atoms with Gasteiger partial charge >= 0.3 is 0 Å². The van der Waals surface area contributed by atoms with Crippen molar-refractivity contribution in [2.24, 2.45) is 0 Å². The first-order chi connectivity index (χ1) is 14.4. The summed E-state index contributed by atoms with van der Waals surface area (Å²) in [7, 11) is 0. The average Bonchev–Trinajstić information content (AvgIpc) is 3.39. The molecule has 0 unspecified atom stereocenters. The SMILES string of the molecule is c1cc2c3cnc(Nc4ccc5c(n4)CCNC5)nc3n(C3CCCC3)c2cn1. The Morgan fingerprint density at radius 3 is 2.90 bits per heavy atom. The van der Waals surface area contributed by atoms with E-state index in [1.165, 1.54) is 36.6 Å². The Balaban J connectivity index is 1.44. The van der Waals surface area contributed by atoms with Crippen LogP contribution >= 0.6 is 0 Å². The lowest BCUT2D eigenvalue weighted by Crippen LogP contribution is -2.24. The van der Waals surface area contributed by atoms with E-state index in [0.717, 1.165) is 47.6 Å². The third-order valence-electron chi connectivity index (χ3n) is 6.20. The van der Waals surface area contributed by atoms with E-state index >= 15 is 0 Å². The molecule has 1 aliphatic heterocycles. The summed E-state index contributed by atoms with van der Waals surface area (Å²) in [5, 5.41) is 8.97. The van der Waals surface area contributed by atoms with Gasteiger partial charge in [0.15, 0.2) is 0 Å². The van der Waals surface area contributed by atoms with Crippen LogP contribution in [0, 0.1) is 0 Å². The van der Waals surface area contributed by atoms with Crippen molar-refractivity contribution in [1.82, 2.24) is 29.8 Å². The van der Waals surface area contributed by atoms with Crippen LogP contribution in [0.5, 0.6) is 0 Å². The lowest BCUT2D eigenvalue weighted by molar-refractivity contribution is 0.546. The number of rotatable bonds is 3. The maximum absolute atomic E-state index is 4.92. The molecule has 2 N–H and O–H groups in total. The van der Waals surface area contributed by atoms with Crippen molar-refractivity contribution in [3.63, 3.8) is 0 Å². The summed E-state index contributed by atoms with van der Waals surface area (Å²) in [6, 6.07) is 6.70. The van der Waals surface area contributed by atoms with Gasteiger partial charge in [-0.15, -0.1) is 0 Å². The van der Waals surface area contributed by atoms with E-state index in [-0.39, 0.29) is 0 Å². The normalized spacial score (nSPS) is 17.1. The molecule has 1 fully saturated rings. The van der Waals surface area contributed by atoms with Crippen molar-refractivity contribution in [3.8, 4) is 0 Å². The molecule has 6 rings (SSSR count). The fraction of sp³-hybridized carbons (Fsp3) is 0.364. The first-order valence-electron chi connectivity index (χ1n) is 10.4. The van der Waals surface area contributed by atoms with Gasteiger partial charge in [-0.05, 0) is 30.5 Å². The molecule has 29 heavy (non-hydrogen) atoms. The third kappa shape index (κ3) is 2.84. The van der Waals surface area contributed by atoms with E-state index in [9.17, 15) is 0 Å². The zero-order chi connectivity index (χ0) is 19.2. The second-order valence-corrected chi connectivity index (χ2v) is 7.99. The third-order valence-corrected chi connectivity index (χ3v) is 6.20. The lowest BCUT2D eigenvalue weighted by Gasteiger charge is -2.17. The molecule has 2 aliphatic rings. The first kappa shape index (κ1) is 16.9. The molecule has 0 radical (unpaired) electrons. The molecule has 146 valence electrons. The van der Waals surface area contributed by atoms with Crippen LogP contribution in [-0.2, 0) is 13.0 Å². The predicted molar refractivity (Wildman–Crippen MR) is 113 cm³/mol. The van der Waals surface area contributed by atoms with Crippen LogP contribution in [0.3, 0.4) is 0 Å². The molecule has 7 heteroatoms. The van der Waals surface area contributed by atoms with Crippen LogP contribution in [0.15, 0.2) is 36.8 Å². The zero-order valence-electron chi connectivity index (χ0n) is 16.2. The molecule has 0 aromatic carbocycles. The van der Waals surface area contributed by atoms with Gasteiger partial charge in [0, 0.05) is 54.4 Å². The molecule has 1 aliphatic carbocycles. The lowest BCUT2D eigenvalue weighted by atomic mass is 10.1. The highest BCUT2D eigenvalue weighted by atomic mass is 15.2. The number of hydrogen-bond donors (Lipinski definition) is 2. The number of nitrogens with zero attached hydrogens (tertiary/aromatic N) is 5. The Kier molecular flexibility index (Phi) is 3.94. The summed E-state index contributed by atoms with van der Waals surface area (Å²) in [4.78, 5) is 18.7. The van der Waals surface area contributed by atoms with Crippen molar-refractivity contribution >= 4 is 33.7 Å². The highest BCUT2D eigenvalue weighted by Crippen LogP contribution is 2.37. The maximum atomic E-state index is 4.92. The molecular weight excluding hydrogens is 362 g/mol. The highest BCUT2D eigenvalue weighted by molar-refractivity contribution is 6.06. The summed E-state index contributed by atoms with van der Waals surface area (Å²) in [5.74, 6) is 1.39. The summed E-state index contributed by atoms with van der Waals surface area (Å²) >= 11 is 0. The van der Waals surface area contributed by atoms with Crippen LogP contribution in [0.1, 0.15) is 43.0 Å². The van der Waals surface area contributed by atoms with E-state index in [1.54, 1.807) is 0 Å². The van der Waals surface area contributed by atoms with Crippen LogP contribution < -0.4 is 10.6 Å². The fourth-order valence-corrected chi connectivity index (χ4v) is 4.78. The van der Waals surface area contributed by atoms with Gasteiger partial charge in [0.1, 0.15) is 11.5 Å². The second kappa shape index (κ2) is 6.77. The highest BCUT2D eigenvalue weighted by Gasteiger charge is 2.23. The molecule has 0 amide bonds. The van der Waals surface area contributed by atoms with E-state index in [1.807, 2.05) is 24.7 Å². The van der Waals surface area contributed by atoms with Gasteiger partial charge in [-0.2, -0.15) is 4.98 Å². The quantitative estimate of drug-likeness (QED) is 0.557. The Labute approximate surface area is 168 Å². The number of nitrogens with one attached hydrogen (secondary N) is 2. The van der Waals surface area contributed by atoms with Gasteiger partial charge < -0.3 is 15.2 Å². The minimum Gasteiger partial charge on any atom is -0.321 e. The number of anilines is 2. The summed E-state index contributed by atoms with van der Waals surface area (Å²) in [5.41, 5.74) is 4.56. The largest absolute Gasteiger partial charge is 0.321 e. The predicted octanol–water partition coefficient (Wildman–Crippen LogP) is 3.88. The number of aromatic nitrogens is 5. The van der Waals surface area contributed by atoms with Gasteiger partial charge in [0.05, 0.1) is 11.7 Å². The Morgan fingerprint density at radius 1 is 1.03 bits per heavy atom. The molecule has 5 heterocycles. The molecular formula is C22H23N7. The van der Waals surface area contributed by atoms with Crippen molar-refractivity contribution in [2.45, 2.75) is 44.7 Å². The van der Waals surface area contributed by atoms with E-state index in [2.05, 4.69) is 37.3 Å². The monoisotopic (exact) mass is 385 g/mol. The molecule has 0 bridgehead atoms. The molecule has 0 atom stereocenters. The summed E-state index contributed by atoms with van der Waals surface area (Å²) in [6.07, 6.45) is 11.6. The van der Waals surface area contributed by atoms with Gasteiger partial charge in [-0.1, -0.05) is 18.9 Å². The minimum atomic E-state index is 0.483. The topological polar surface area (TPSA) is 80.5 Å². The van der Waals surface area contributed by atoms with E-state index in [4.69, 9.17) is 9.97 Å². The number of pyridine rings is 2. The smallest absolute Gasteiger partial charge is 0.230 e. The molecule has 0 spiro atoms. The molecule has 7 nitrogen and oxygen atoms in total. The summed E-state index contributed by atoms with van der Waals surface area (Å²) in [6.45, 7) is 1.86. The van der Waals surface area contributed by atoms with E-state index < -0.39 is 0 Å². The van der Waals surface area contributed by atoms with Crippen LogP contribution in [0.4, 0.5) is 11.8 Å². The zero-order valence-corrected chi connectivity index (χ0v) is 16.2. The first-order valence-corrected chi connectivity index (χ1v) is 10.4. The van der Waals surface area contributed by atoms with Crippen molar-refractivity contribution in [1.29, 1.82) is 0 Å². The van der Waals surface area contributed by atoms with Gasteiger partial charge in [-0.25, -0.2) is 9.97 Å². The van der Waals surface area contributed by atoms with Crippen LogP contribution in [0.2, 0.25) is 0 Å². The Hall–Kier alpha value is -3.06. The maximum Gasteiger partial charge on any atom is 0.230 e. The van der Waals surface area contributed by atoms with Crippen molar-refractivity contribution in [2.75, 3.05) is 11.9 Å². The molecule has 0 saturated heterocycles. The van der Waals surface area contributed by atoms with Crippen molar-refractivity contribution < 1.29 is 0 Å². The second-order valence-electron chi connectivity index (χ2n) is 7.99. The van der Waals surface area contributed by atoms with Crippen LogP contribution in [0.25, 0.3) is 21.9 Å². The van der Waals surface area contributed by atoms with E-state index in [0.29, 0.717) is 12.0 Å². The number of hydrogen-bond acceptors (Lipinski definition) is 6. The Morgan fingerprint density at radius 2 is 1.97 bits per heavy atom. The van der Waals surface area contributed by atoms with Gasteiger partial charge in [0.2, 0.25) is 5.95 Å². The van der Waals surface area contributed by atoms with Crippen LogP contribution in [-0.4, -0.2) is 31.0 Å². The molecule has 4 aromatic rings. The Bertz CT molecular complexity index is 1210. The molecule has 1 saturated carbocycles. The van der Waals surface area contributed by atoms with Crippen molar-refractivity contribution in [3.05, 3.63) is 48.0 Å². The van der Waals surface area contributed by atoms with Gasteiger partial charge in [-0.3, -0.25) is 4.98 Å². The fourth-order valence-electron chi connectivity index (χ4n) is 4.78. The standard InChI is InChI=1S/C22H23N7/c1-2-4-15(3-1)29-19-13-24-9-7-16(19)17-12-25-22(28-21(17)29)27-20-6-5-14-11-23-10-8-18(14)26-20/h5-7,9,12-13,15,23H,1-4,8,10-11H2,(H,25,26,27,28). The molecule has 4 aromatic heterocycles. The minimum absolute atomic E-state index is 0.483. The van der Waals surface area contributed by atoms with Gasteiger partial charge in [0.25, 0.3) is 0 Å². The average molecular weight is 385 g/mol.